The van der Waals surface area contributed by atoms with E-state index in [4.69, 9.17) is 10.2 Å². The third-order valence-electron chi connectivity index (χ3n) is 2.47. The minimum absolute atomic E-state index is 0.127. The van der Waals surface area contributed by atoms with Gasteiger partial charge in [-0.2, -0.15) is 0 Å². The lowest BCUT2D eigenvalue weighted by atomic mass is 10.0. The summed E-state index contributed by atoms with van der Waals surface area (Å²) in [7, 11) is 0. The summed E-state index contributed by atoms with van der Waals surface area (Å²) in [5, 5.41) is 17.8. The van der Waals surface area contributed by atoms with Gasteiger partial charge in [-0.1, -0.05) is 13.8 Å². The zero-order valence-corrected chi connectivity index (χ0v) is 9.81. The monoisotopic (exact) mass is 225 g/mol. The van der Waals surface area contributed by atoms with Crippen LogP contribution in [0.3, 0.4) is 0 Å². The lowest BCUT2D eigenvalue weighted by Crippen LogP contribution is -2.10. The first kappa shape index (κ1) is 12.8. The quantitative estimate of drug-likeness (QED) is 0.775. The topological polar surface area (TPSA) is 62.5 Å². The second-order valence-corrected chi connectivity index (χ2v) is 4.35. The van der Waals surface area contributed by atoms with Crippen LogP contribution in [-0.2, 0) is 13.0 Å². The molecule has 2 N–H and O–H groups in total. The van der Waals surface area contributed by atoms with Crippen LogP contribution in [0.2, 0.25) is 0 Å². The van der Waals surface area contributed by atoms with Gasteiger partial charge < -0.3 is 14.8 Å². The number of aryl methyl sites for hydroxylation is 1. The largest absolute Gasteiger partial charge is 0.478 e. The molecule has 16 heavy (non-hydrogen) atoms. The van der Waals surface area contributed by atoms with Crippen molar-refractivity contribution in [1.29, 1.82) is 0 Å². The van der Waals surface area contributed by atoms with Gasteiger partial charge in [0.25, 0.3) is 0 Å². The molecule has 4 nitrogen and oxygen atoms in total. The third kappa shape index (κ3) is 3.10. The maximum Gasteiger partial charge on any atom is 0.337 e. The highest BCUT2D eigenvalue weighted by molar-refractivity contribution is 5.89. The highest BCUT2D eigenvalue weighted by Crippen LogP contribution is 2.16. The van der Waals surface area contributed by atoms with Crippen LogP contribution in [-0.4, -0.2) is 27.4 Å². The summed E-state index contributed by atoms with van der Waals surface area (Å²) in [6.45, 7) is 4.93. The van der Waals surface area contributed by atoms with E-state index in [-0.39, 0.29) is 6.61 Å². The van der Waals surface area contributed by atoms with Crippen LogP contribution in [0.25, 0.3) is 0 Å². The van der Waals surface area contributed by atoms with E-state index in [2.05, 4.69) is 13.8 Å². The molecule has 0 aromatic carbocycles. The highest BCUT2D eigenvalue weighted by atomic mass is 16.4. The van der Waals surface area contributed by atoms with Gasteiger partial charge >= 0.3 is 5.97 Å². The number of carboxylic acids is 1. The van der Waals surface area contributed by atoms with Crippen molar-refractivity contribution in [3.8, 4) is 0 Å². The predicted octanol–water partition coefficient (Wildman–Crippen LogP) is 1.77. The molecule has 0 saturated carbocycles. The Morgan fingerprint density at radius 1 is 1.50 bits per heavy atom. The molecule has 0 aliphatic heterocycles. The molecule has 4 heteroatoms. The molecule has 0 radical (unpaired) electrons. The summed E-state index contributed by atoms with van der Waals surface area (Å²) in [4.78, 5) is 11.0. The van der Waals surface area contributed by atoms with Crippen molar-refractivity contribution in [1.82, 2.24) is 4.57 Å². The molecular formula is C12H19NO3. The molecule has 1 heterocycles. The number of aliphatic hydroxyl groups excluding tert-OH is 1. The smallest absolute Gasteiger partial charge is 0.337 e. The van der Waals surface area contributed by atoms with Crippen LogP contribution in [0, 0.1) is 5.92 Å². The van der Waals surface area contributed by atoms with Crippen LogP contribution in [0.5, 0.6) is 0 Å². The van der Waals surface area contributed by atoms with Gasteiger partial charge in [0.1, 0.15) is 0 Å². The molecule has 0 spiro atoms. The van der Waals surface area contributed by atoms with Crippen molar-refractivity contribution >= 4 is 5.97 Å². The number of carbonyl (C=O) groups is 1. The summed E-state index contributed by atoms with van der Waals surface area (Å²) in [6.07, 6.45) is 3.19. The van der Waals surface area contributed by atoms with Gasteiger partial charge in [0, 0.05) is 25.0 Å². The lowest BCUT2D eigenvalue weighted by Gasteiger charge is -2.11. The highest BCUT2D eigenvalue weighted by Gasteiger charge is 2.15. The Hall–Kier alpha value is -1.29. The van der Waals surface area contributed by atoms with E-state index in [9.17, 15) is 4.79 Å². The van der Waals surface area contributed by atoms with Crippen molar-refractivity contribution in [2.45, 2.75) is 33.2 Å². The normalized spacial score (nSPS) is 11.0. The summed E-state index contributed by atoms with van der Waals surface area (Å²) >= 11 is 0. The molecule has 1 aromatic heterocycles. The van der Waals surface area contributed by atoms with Crippen molar-refractivity contribution in [2.75, 3.05) is 6.61 Å². The van der Waals surface area contributed by atoms with Crippen LogP contribution in [0.15, 0.2) is 12.3 Å². The standard InChI is InChI=1S/C12H19NO3/c1-9(2)8-11-10(12(15)16)4-6-13(11)5-3-7-14/h4,6,9,14H,3,5,7-8H2,1-2H3,(H,15,16). The number of hydrogen-bond acceptors (Lipinski definition) is 2. The Balaban J connectivity index is 2.94. The maximum absolute atomic E-state index is 11.0. The number of carboxylic acid groups (broad SMARTS) is 1. The van der Waals surface area contributed by atoms with Gasteiger partial charge in [0.2, 0.25) is 0 Å². The molecule has 90 valence electrons. The number of rotatable bonds is 6. The van der Waals surface area contributed by atoms with E-state index >= 15 is 0 Å². The maximum atomic E-state index is 11.0. The number of aromatic nitrogens is 1. The molecule has 1 rings (SSSR count). The van der Waals surface area contributed by atoms with E-state index in [1.54, 1.807) is 12.3 Å². The van der Waals surface area contributed by atoms with Crippen LogP contribution < -0.4 is 0 Å². The van der Waals surface area contributed by atoms with E-state index in [1.807, 2.05) is 4.57 Å². The molecular weight excluding hydrogens is 206 g/mol. The molecule has 0 fully saturated rings. The van der Waals surface area contributed by atoms with Crippen LogP contribution in [0.4, 0.5) is 0 Å². The van der Waals surface area contributed by atoms with Crippen LogP contribution in [0.1, 0.15) is 36.3 Å². The van der Waals surface area contributed by atoms with E-state index in [1.165, 1.54) is 0 Å². The summed E-state index contributed by atoms with van der Waals surface area (Å²) < 4.78 is 1.93. The number of hydrogen-bond donors (Lipinski definition) is 2. The zero-order chi connectivity index (χ0) is 12.1. The number of nitrogens with zero attached hydrogens (tertiary/aromatic N) is 1. The van der Waals surface area contributed by atoms with Gasteiger partial charge in [-0.05, 0) is 24.8 Å². The Kier molecular flexibility index (Phi) is 4.55. The molecule has 0 aliphatic rings. The van der Waals surface area contributed by atoms with E-state index in [0.29, 0.717) is 24.4 Å². The molecule has 0 amide bonds. The molecule has 0 atom stereocenters. The fourth-order valence-electron chi connectivity index (χ4n) is 1.76. The number of aromatic carboxylic acids is 1. The Labute approximate surface area is 95.5 Å². The first-order chi connectivity index (χ1) is 7.56. The molecule has 0 aliphatic carbocycles. The van der Waals surface area contributed by atoms with Gasteiger partial charge in [-0.15, -0.1) is 0 Å². The zero-order valence-electron chi connectivity index (χ0n) is 9.81. The molecule has 0 bridgehead atoms. The first-order valence-electron chi connectivity index (χ1n) is 5.58. The van der Waals surface area contributed by atoms with Crippen molar-refractivity contribution in [3.05, 3.63) is 23.5 Å². The van der Waals surface area contributed by atoms with E-state index in [0.717, 1.165) is 12.1 Å². The second-order valence-electron chi connectivity index (χ2n) is 4.35. The van der Waals surface area contributed by atoms with Gasteiger partial charge in [-0.3, -0.25) is 0 Å². The fraction of sp³-hybridized carbons (Fsp3) is 0.583. The van der Waals surface area contributed by atoms with Gasteiger partial charge in [0.05, 0.1) is 5.56 Å². The van der Waals surface area contributed by atoms with Gasteiger partial charge in [-0.25, -0.2) is 4.79 Å². The van der Waals surface area contributed by atoms with Gasteiger partial charge in [0.15, 0.2) is 0 Å². The third-order valence-corrected chi connectivity index (χ3v) is 2.47. The summed E-state index contributed by atoms with van der Waals surface area (Å²) in [6, 6.07) is 1.64. The van der Waals surface area contributed by atoms with Crippen molar-refractivity contribution < 1.29 is 15.0 Å². The minimum Gasteiger partial charge on any atom is -0.478 e. The minimum atomic E-state index is -0.876. The predicted molar refractivity (Wildman–Crippen MR) is 61.6 cm³/mol. The second kappa shape index (κ2) is 5.70. The van der Waals surface area contributed by atoms with Crippen molar-refractivity contribution in [2.24, 2.45) is 5.92 Å². The van der Waals surface area contributed by atoms with Crippen LogP contribution >= 0.6 is 0 Å². The first-order valence-corrected chi connectivity index (χ1v) is 5.58. The summed E-state index contributed by atoms with van der Waals surface area (Å²) in [5.41, 5.74) is 1.24. The molecule has 1 aromatic rings. The SMILES string of the molecule is CC(C)Cc1c(C(=O)O)ccn1CCCO. The number of aliphatic hydroxyl groups is 1. The van der Waals surface area contributed by atoms with E-state index < -0.39 is 5.97 Å². The van der Waals surface area contributed by atoms with Crippen molar-refractivity contribution in [3.63, 3.8) is 0 Å². The fourth-order valence-corrected chi connectivity index (χ4v) is 1.76. The average Bonchev–Trinajstić information content (AvgIpc) is 2.57. The Morgan fingerprint density at radius 2 is 2.19 bits per heavy atom. The summed E-state index contributed by atoms with van der Waals surface area (Å²) in [5.74, 6) is -0.459. The Morgan fingerprint density at radius 3 is 2.69 bits per heavy atom. The lowest BCUT2D eigenvalue weighted by molar-refractivity contribution is 0.0695. The Bertz CT molecular complexity index is 355. The molecule has 0 unspecified atom stereocenters. The molecule has 0 saturated heterocycles. The average molecular weight is 225 g/mol.